The second kappa shape index (κ2) is 6.56. The molecule has 1 unspecified atom stereocenters. The number of nitriles is 1. The maximum atomic E-state index is 12.8. The molecule has 0 radical (unpaired) electrons. The van der Waals surface area contributed by atoms with E-state index in [4.69, 9.17) is 11.0 Å². The molecule has 2 N–H and O–H groups in total. The highest BCUT2D eigenvalue weighted by atomic mass is 32.2. The molecule has 0 aromatic heterocycles. The van der Waals surface area contributed by atoms with Gasteiger partial charge in [0.15, 0.2) is 0 Å². The number of nitrogens with zero attached hydrogens (tertiary/aromatic N) is 2. The van der Waals surface area contributed by atoms with Gasteiger partial charge < -0.3 is 5.73 Å². The van der Waals surface area contributed by atoms with E-state index in [9.17, 15) is 8.42 Å². The second-order valence-corrected chi connectivity index (χ2v) is 7.23. The fourth-order valence-electron chi connectivity index (χ4n) is 2.30. The molecule has 6 heteroatoms. The summed E-state index contributed by atoms with van der Waals surface area (Å²) in [6.07, 6.45) is 2.71. The van der Waals surface area contributed by atoms with Gasteiger partial charge in [-0.15, -0.1) is 0 Å². The summed E-state index contributed by atoms with van der Waals surface area (Å²) in [6.45, 7) is 2.23. The zero-order valence-electron chi connectivity index (χ0n) is 12.2. The average molecular weight is 307 g/mol. The number of hydrogen-bond acceptors (Lipinski definition) is 4. The smallest absolute Gasteiger partial charge is 0.243 e. The van der Waals surface area contributed by atoms with Crippen molar-refractivity contribution in [2.75, 3.05) is 6.54 Å². The van der Waals surface area contributed by atoms with Gasteiger partial charge >= 0.3 is 0 Å². The van der Waals surface area contributed by atoms with Crippen LogP contribution in [0.5, 0.6) is 0 Å². The SMILES string of the molecule is CCC(N)c1cccc(S(=O)(=O)N(CCC#N)C2CC2)c1. The number of hydrogen-bond donors (Lipinski definition) is 1. The molecule has 0 bridgehead atoms. The first-order valence-electron chi connectivity index (χ1n) is 7.25. The molecule has 1 aromatic carbocycles. The second-order valence-electron chi connectivity index (χ2n) is 5.34. The van der Waals surface area contributed by atoms with Crippen molar-refractivity contribution in [2.24, 2.45) is 5.73 Å². The Morgan fingerprint density at radius 3 is 2.76 bits per heavy atom. The lowest BCUT2D eigenvalue weighted by Gasteiger charge is -2.21. The van der Waals surface area contributed by atoms with Crippen LogP contribution in [-0.4, -0.2) is 25.3 Å². The van der Waals surface area contributed by atoms with E-state index in [0.717, 1.165) is 24.8 Å². The molecule has 114 valence electrons. The summed E-state index contributed by atoms with van der Waals surface area (Å²) in [5, 5.41) is 8.71. The van der Waals surface area contributed by atoms with E-state index in [1.807, 2.05) is 19.1 Å². The largest absolute Gasteiger partial charge is 0.324 e. The summed E-state index contributed by atoms with van der Waals surface area (Å²) >= 11 is 0. The Kier molecular flexibility index (Phi) is 4.99. The molecule has 0 amide bonds. The van der Waals surface area contributed by atoms with E-state index in [0.29, 0.717) is 0 Å². The molecule has 0 saturated heterocycles. The van der Waals surface area contributed by atoms with Crippen molar-refractivity contribution in [3.8, 4) is 6.07 Å². The van der Waals surface area contributed by atoms with Crippen molar-refractivity contribution >= 4 is 10.0 Å². The number of nitrogens with two attached hydrogens (primary N) is 1. The normalized spacial score (nSPS) is 16.7. The molecule has 1 aromatic rings. The summed E-state index contributed by atoms with van der Waals surface area (Å²) in [4.78, 5) is 0.272. The molecular weight excluding hydrogens is 286 g/mol. The lowest BCUT2D eigenvalue weighted by atomic mass is 10.1. The Labute approximate surface area is 126 Å². The molecule has 1 atom stereocenters. The van der Waals surface area contributed by atoms with Crippen LogP contribution in [0, 0.1) is 11.3 Å². The molecular formula is C15H21N3O2S. The lowest BCUT2D eigenvalue weighted by Crippen LogP contribution is -2.34. The highest BCUT2D eigenvalue weighted by molar-refractivity contribution is 7.89. The van der Waals surface area contributed by atoms with Crippen LogP contribution in [0.1, 0.15) is 44.2 Å². The topological polar surface area (TPSA) is 87.2 Å². The van der Waals surface area contributed by atoms with Crippen LogP contribution >= 0.6 is 0 Å². The van der Waals surface area contributed by atoms with Gasteiger partial charge in [0.05, 0.1) is 11.0 Å². The van der Waals surface area contributed by atoms with Gasteiger partial charge in [0.2, 0.25) is 10.0 Å². The first kappa shape index (κ1) is 16.0. The van der Waals surface area contributed by atoms with E-state index in [1.54, 1.807) is 18.2 Å². The van der Waals surface area contributed by atoms with Gasteiger partial charge in [0.1, 0.15) is 0 Å². The van der Waals surface area contributed by atoms with E-state index in [2.05, 4.69) is 0 Å². The summed E-state index contributed by atoms with van der Waals surface area (Å²) in [5.41, 5.74) is 6.81. The van der Waals surface area contributed by atoms with Gasteiger partial charge in [0.25, 0.3) is 0 Å². The maximum Gasteiger partial charge on any atom is 0.243 e. The molecule has 5 nitrogen and oxygen atoms in total. The van der Waals surface area contributed by atoms with Gasteiger partial charge in [0, 0.05) is 25.0 Å². The summed E-state index contributed by atoms with van der Waals surface area (Å²) in [7, 11) is -3.55. The Hall–Kier alpha value is -1.42. The summed E-state index contributed by atoms with van der Waals surface area (Å²) in [6, 6.07) is 8.74. The molecule has 21 heavy (non-hydrogen) atoms. The first-order valence-corrected chi connectivity index (χ1v) is 8.69. The van der Waals surface area contributed by atoms with Crippen LogP contribution in [0.15, 0.2) is 29.2 Å². The van der Waals surface area contributed by atoms with Crippen LogP contribution in [0.2, 0.25) is 0 Å². The number of sulfonamides is 1. The predicted octanol–water partition coefficient (Wildman–Crippen LogP) is 2.16. The van der Waals surface area contributed by atoms with Crippen LogP contribution in [0.4, 0.5) is 0 Å². The fraction of sp³-hybridized carbons (Fsp3) is 0.533. The molecule has 0 heterocycles. The lowest BCUT2D eigenvalue weighted by molar-refractivity contribution is 0.410. The van der Waals surface area contributed by atoms with Crippen LogP contribution in [-0.2, 0) is 10.0 Å². The van der Waals surface area contributed by atoms with Crippen molar-refractivity contribution in [3.63, 3.8) is 0 Å². The molecule has 2 rings (SSSR count). The van der Waals surface area contributed by atoms with Gasteiger partial charge in [-0.2, -0.15) is 9.57 Å². The standard InChI is InChI=1S/C15H21N3O2S/c1-2-15(17)12-5-3-6-14(11-12)21(19,20)18(10-4-9-16)13-7-8-13/h3,5-6,11,13,15H,2,4,7-8,10,17H2,1H3. The minimum absolute atomic E-state index is 0.0480. The quantitative estimate of drug-likeness (QED) is 0.836. The zero-order valence-corrected chi connectivity index (χ0v) is 13.0. The highest BCUT2D eigenvalue weighted by Gasteiger charge is 2.37. The molecule has 1 fully saturated rings. The van der Waals surface area contributed by atoms with Crippen LogP contribution < -0.4 is 5.73 Å². The Bertz CT molecular complexity index is 633. The molecule has 1 aliphatic carbocycles. The van der Waals surface area contributed by atoms with Gasteiger partial charge in [-0.1, -0.05) is 19.1 Å². The van der Waals surface area contributed by atoms with E-state index < -0.39 is 10.0 Å². The third-order valence-corrected chi connectivity index (χ3v) is 5.68. The monoisotopic (exact) mass is 307 g/mol. The van der Waals surface area contributed by atoms with Crippen molar-refractivity contribution in [1.29, 1.82) is 5.26 Å². The van der Waals surface area contributed by atoms with E-state index in [1.165, 1.54) is 4.31 Å². The molecule has 0 aliphatic heterocycles. The first-order chi connectivity index (χ1) is 10.0. The fourth-order valence-corrected chi connectivity index (χ4v) is 4.04. The van der Waals surface area contributed by atoms with E-state index in [-0.39, 0.29) is 29.9 Å². The van der Waals surface area contributed by atoms with Gasteiger partial charge in [-0.05, 0) is 37.0 Å². The van der Waals surface area contributed by atoms with Crippen molar-refractivity contribution < 1.29 is 8.42 Å². The van der Waals surface area contributed by atoms with Gasteiger partial charge in [-0.25, -0.2) is 8.42 Å². The summed E-state index contributed by atoms with van der Waals surface area (Å²) < 4.78 is 27.0. The predicted molar refractivity (Wildman–Crippen MR) is 80.8 cm³/mol. The molecule has 1 aliphatic rings. The highest BCUT2D eigenvalue weighted by Crippen LogP contribution is 2.32. The average Bonchev–Trinajstić information content (AvgIpc) is 3.31. The van der Waals surface area contributed by atoms with Crippen LogP contribution in [0.3, 0.4) is 0 Å². The third kappa shape index (κ3) is 3.62. The number of benzene rings is 1. The van der Waals surface area contributed by atoms with Crippen molar-refractivity contribution in [1.82, 2.24) is 4.31 Å². The maximum absolute atomic E-state index is 12.8. The van der Waals surface area contributed by atoms with Crippen LogP contribution in [0.25, 0.3) is 0 Å². The van der Waals surface area contributed by atoms with Crippen molar-refractivity contribution in [2.45, 2.75) is 49.6 Å². The zero-order chi connectivity index (χ0) is 15.5. The number of rotatable bonds is 7. The molecule has 1 saturated carbocycles. The van der Waals surface area contributed by atoms with Crippen molar-refractivity contribution in [3.05, 3.63) is 29.8 Å². The third-order valence-electron chi connectivity index (χ3n) is 3.73. The Morgan fingerprint density at radius 2 is 2.19 bits per heavy atom. The Balaban J connectivity index is 2.31. The van der Waals surface area contributed by atoms with E-state index >= 15 is 0 Å². The minimum atomic E-state index is -3.55. The molecule has 0 spiro atoms. The summed E-state index contributed by atoms with van der Waals surface area (Å²) in [5.74, 6) is 0. The van der Waals surface area contributed by atoms with Gasteiger partial charge in [-0.3, -0.25) is 0 Å². The Morgan fingerprint density at radius 1 is 1.48 bits per heavy atom. The minimum Gasteiger partial charge on any atom is -0.324 e.